The standard InChI is InChI=1S/C31H46O3/c1-19(2)20(3)9-10-21(27(33)34)22-13-17-31(8)24-11-12-25-28(4,5)26(32)15-16-29(25,6)23(24)14-18-30(22,31)7/h11,14,19,21-22,25H,3,9-10,12-13,15-18H2,1-2,4-8H3,(H,33,34)/t21?,22-,25?,29-,30-,31+/m1/s1. The number of ketones is 1. The SMILES string of the molecule is C=C(CCC(C(=O)O)[C@H]1CC[C@@]2(C)C3=CCC4C(C)(C)C(=O)CC[C@]4(C)C3=CC[C@]12C)C(C)C. The number of carbonyl (C=O) groups is 2. The van der Waals surface area contributed by atoms with Crippen LogP contribution in [0.4, 0.5) is 0 Å². The molecule has 2 saturated carbocycles. The average Bonchev–Trinajstić information content (AvgIpc) is 3.02. The fourth-order valence-corrected chi connectivity index (χ4v) is 8.62. The van der Waals surface area contributed by atoms with Gasteiger partial charge in [-0.05, 0) is 90.1 Å². The van der Waals surface area contributed by atoms with Crippen molar-refractivity contribution in [3.05, 3.63) is 35.5 Å². The first-order chi connectivity index (χ1) is 15.7. The van der Waals surface area contributed by atoms with Crippen LogP contribution < -0.4 is 0 Å². The fraction of sp³-hybridized carbons (Fsp3) is 0.742. The van der Waals surface area contributed by atoms with E-state index in [4.69, 9.17) is 0 Å². The quantitative estimate of drug-likeness (QED) is 0.407. The maximum absolute atomic E-state index is 12.8. The van der Waals surface area contributed by atoms with Gasteiger partial charge in [0.05, 0.1) is 5.92 Å². The van der Waals surface area contributed by atoms with Crippen molar-refractivity contribution in [1.82, 2.24) is 0 Å². The molecule has 0 amide bonds. The predicted octanol–water partition coefficient (Wildman–Crippen LogP) is 7.77. The van der Waals surface area contributed by atoms with Gasteiger partial charge in [0.2, 0.25) is 0 Å². The smallest absolute Gasteiger partial charge is 0.306 e. The monoisotopic (exact) mass is 466 g/mol. The normalized spacial score (nSPS) is 39.5. The number of carboxylic acids is 1. The first kappa shape index (κ1) is 25.5. The molecule has 3 nitrogen and oxygen atoms in total. The van der Waals surface area contributed by atoms with Gasteiger partial charge >= 0.3 is 5.97 Å². The van der Waals surface area contributed by atoms with Gasteiger partial charge in [-0.25, -0.2) is 0 Å². The van der Waals surface area contributed by atoms with Crippen molar-refractivity contribution >= 4 is 11.8 Å². The summed E-state index contributed by atoms with van der Waals surface area (Å²) in [5, 5.41) is 10.3. The maximum atomic E-state index is 12.8. The van der Waals surface area contributed by atoms with Gasteiger partial charge in [0.1, 0.15) is 5.78 Å². The molecule has 4 aliphatic rings. The number of hydrogen-bond donors (Lipinski definition) is 1. The second-order valence-electron chi connectivity index (χ2n) is 13.5. The number of hydrogen-bond acceptors (Lipinski definition) is 2. The highest BCUT2D eigenvalue weighted by Gasteiger charge is 2.63. The molecular weight excluding hydrogens is 420 g/mol. The first-order valence-electron chi connectivity index (χ1n) is 13.6. The van der Waals surface area contributed by atoms with E-state index in [0.29, 0.717) is 30.5 Å². The van der Waals surface area contributed by atoms with Crippen molar-refractivity contribution in [2.45, 2.75) is 99.8 Å². The molecule has 0 spiro atoms. The third-order valence-corrected chi connectivity index (χ3v) is 11.4. The summed E-state index contributed by atoms with van der Waals surface area (Å²) < 4.78 is 0. The molecule has 4 rings (SSSR count). The minimum atomic E-state index is -0.640. The van der Waals surface area contributed by atoms with Crippen LogP contribution in [0, 0.1) is 45.3 Å². The van der Waals surface area contributed by atoms with Gasteiger partial charge in [-0.15, -0.1) is 0 Å². The van der Waals surface area contributed by atoms with Crippen molar-refractivity contribution in [3.8, 4) is 0 Å². The summed E-state index contributed by atoms with van der Waals surface area (Å²) >= 11 is 0. The molecular formula is C31H46O3. The number of carbonyl (C=O) groups excluding carboxylic acids is 1. The largest absolute Gasteiger partial charge is 0.481 e. The lowest BCUT2D eigenvalue weighted by atomic mass is 9.44. The van der Waals surface area contributed by atoms with Crippen molar-refractivity contribution < 1.29 is 14.7 Å². The predicted molar refractivity (Wildman–Crippen MR) is 138 cm³/mol. The molecule has 1 N–H and O–H groups in total. The Morgan fingerprint density at radius 2 is 1.79 bits per heavy atom. The van der Waals surface area contributed by atoms with E-state index in [1.165, 1.54) is 11.1 Å². The molecule has 2 fully saturated rings. The Labute approximate surface area is 207 Å². The molecule has 188 valence electrons. The highest BCUT2D eigenvalue weighted by molar-refractivity contribution is 5.86. The Balaban J connectivity index is 1.69. The zero-order chi connectivity index (χ0) is 25.3. The van der Waals surface area contributed by atoms with Crippen LogP contribution in [0.3, 0.4) is 0 Å². The van der Waals surface area contributed by atoms with Gasteiger partial charge in [-0.3, -0.25) is 9.59 Å². The molecule has 3 heteroatoms. The third-order valence-electron chi connectivity index (χ3n) is 11.4. The highest BCUT2D eigenvalue weighted by Crippen LogP contribution is 2.71. The van der Waals surface area contributed by atoms with Gasteiger partial charge in [0.15, 0.2) is 0 Å². The Bertz CT molecular complexity index is 965. The second-order valence-corrected chi connectivity index (χ2v) is 13.5. The fourth-order valence-electron chi connectivity index (χ4n) is 8.62. The van der Waals surface area contributed by atoms with Crippen molar-refractivity contribution in [2.75, 3.05) is 0 Å². The van der Waals surface area contributed by atoms with E-state index in [9.17, 15) is 14.7 Å². The van der Waals surface area contributed by atoms with Crippen LogP contribution in [0.25, 0.3) is 0 Å². The Kier molecular flexibility index (Phi) is 6.14. The Morgan fingerprint density at radius 3 is 2.41 bits per heavy atom. The molecule has 0 aliphatic heterocycles. The lowest BCUT2D eigenvalue weighted by Crippen LogP contribution is -2.53. The molecule has 6 atom stereocenters. The number of allylic oxidation sites excluding steroid dienone is 5. The molecule has 34 heavy (non-hydrogen) atoms. The lowest BCUT2D eigenvalue weighted by molar-refractivity contribution is -0.146. The van der Waals surface area contributed by atoms with E-state index in [2.05, 4.69) is 67.2 Å². The minimum Gasteiger partial charge on any atom is -0.481 e. The number of Topliss-reactive ketones (excluding diaryl/α,β-unsaturated/α-hetero) is 1. The second kappa shape index (κ2) is 8.20. The molecule has 0 aromatic rings. The summed E-state index contributed by atoms with van der Waals surface area (Å²) in [6.07, 6.45) is 11.9. The van der Waals surface area contributed by atoms with E-state index < -0.39 is 5.97 Å². The zero-order valence-electron chi connectivity index (χ0n) is 22.6. The van der Waals surface area contributed by atoms with Gasteiger partial charge in [-0.2, -0.15) is 0 Å². The lowest BCUT2D eigenvalue weighted by Gasteiger charge is -2.59. The van der Waals surface area contributed by atoms with Crippen LogP contribution in [0.1, 0.15) is 99.8 Å². The maximum Gasteiger partial charge on any atom is 0.306 e. The molecule has 0 saturated heterocycles. The van der Waals surface area contributed by atoms with Gasteiger partial charge in [0.25, 0.3) is 0 Å². The first-order valence-corrected chi connectivity index (χ1v) is 13.6. The Morgan fingerprint density at radius 1 is 1.12 bits per heavy atom. The summed E-state index contributed by atoms with van der Waals surface area (Å²) in [5.41, 5.74) is 3.78. The van der Waals surface area contributed by atoms with Crippen LogP contribution in [0.5, 0.6) is 0 Å². The minimum absolute atomic E-state index is 0.00984. The zero-order valence-corrected chi connectivity index (χ0v) is 22.6. The number of fused-ring (bicyclic) bond motifs is 5. The summed E-state index contributed by atoms with van der Waals surface area (Å²) in [7, 11) is 0. The number of aliphatic carboxylic acids is 1. The molecule has 0 aromatic carbocycles. The highest BCUT2D eigenvalue weighted by atomic mass is 16.4. The van der Waals surface area contributed by atoms with E-state index in [1.807, 2.05) is 0 Å². The van der Waals surface area contributed by atoms with Crippen molar-refractivity contribution in [3.63, 3.8) is 0 Å². The third kappa shape index (κ3) is 3.43. The molecule has 0 bridgehead atoms. The molecule has 0 heterocycles. The van der Waals surface area contributed by atoms with E-state index in [0.717, 1.165) is 44.1 Å². The van der Waals surface area contributed by atoms with Crippen LogP contribution in [-0.2, 0) is 9.59 Å². The van der Waals surface area contributed by atoms with Crippen LogP contribution in [-0.4, -0.2) is 16.9 Å². The number of rotatable bonds is 6. The number of carboxylic acid groups (broad SMARTS) is 1. The molecule has 2 unspecified atom stereocenters. The van der Waals surface area contributed by atoms with Gasteiger partial charge < -0.3 is 5.11 Å². The van der Waals surface area contributed by atoms with Crippen LogP contribution >= 0.6 is 0 Å². The summed E-state index contributed by atoms with van der Waals surface area (Å²) in [6, 6.07) is 0. The summed E-state index contributed by atoms with van der Waals surface area (Å²) in [4.78, 5) is 25.3. The molecule has 0 radical (unpaired) electrons. The van der Waals surface area contributed by atoms with E-state index in [-0.39, 0.29) is 33.5 Å². The van der Waals surface area contributed by atoms with Crippen molar-refractivity contribution in [1.29, 1.82) is 0 Å². The molecule has 4 aliphatic carbocycles. The topological polar surface area (TPSA) is 54.4 Å². The van der Waals surface area contributed by atoms with Gasteiger partial charge in [-0.1, -0.05) is 72.8 Å². The van der Waals surface area contributed by atoms with Crippen LogP contribution in [0.2, 0.25) is 0 Å². The molecule has 0 aromatic heterocycles. The Hall–Kier alpha value is -1.64. The van der Waals surface area contributed by atoms with Crippen molar-refractivity contribution in [2.24, 2.45) is 45.3 Å². The summed E-state index contributed by atoms with van der Waals surface area (Å²) in [5.74, 6) is 0.355. The summed E-state index contributed by atoms with van der Waals surface area (Å²) in [6.45, 7) is 20.0. The van der Waals surface area contributed by atoms with E-state index in [1.54, 1.807) is 0 Å². The van der Waals surface area contributed by atoms with Crippen LogP contribution in [0.15, 0.2) is 35.5 Å². The van der Waals surface area contributed by atoms with E-state index >= 15 is 0 Å². The average molecular weight is 467 g/mol. The van der Waals surface area contributed by atoms with Gasteiger partial charge in [0, 0.05) is 11.8 Å².